The number of nitrogens with zero attached hydrogens (tertiary/aromatic N) is 2. The molecule has 36 heavy (non-hydrogen) atoms. The molecule has 5 rings (SSSR count). The minimum Gasteiger partial charge on any atom is -0.496 e. The monoisotopic (exact) mass is 475 g/mol. The second kappa shape index (κ2) is 10.5. The van der Waals surface area contributed by atoms with Crippen molar-refractivity contribution in [1.29, 1.82) is 0 Å². The molecule has 1 amide bonds. The molecule has 1 heterocycles. The van der Waals surface area contributed by atoms with Gasteiger partial charge in [0.05, 0.1) is 37.2 Å². The minimum atomic E-state index is -0.261. The van der Waals surface area contributed by atoms with E-state index in [1.807, 2.05) is 73.7 Å². The maximum absolute atomic E-state index is 13.0. The number of amides is 1. The number of ether oxygens (including phenoxy) is 1. The first kappa shape index (κ1) is 23.4. The molecule has 5 heteroatoms. The Balaban J connectivity index is 1.34. The van der Waals surface area contributed by atoms with Crippen LogP contribution < -0.4 is 10.1 Å². The molecule has 5 nitrogen and oxygen atoms in total. The van der Waals surface area contributed by atoms with Crippen LogP contribution in [0.25, 0.3) is 22.2 Å². The second-order valence-corrected chi connectivity index (χ2v) is 8.89. The Labute approximate surface area is 211 Å². The minimum absolute atomic E-state index is 0.0362. The molecule has 0 aliphatic rings. The highest BCUT2D eigenvalue weighted by Gasteiger charge is 2.19. The van der Waals surface area contributed by atoms with Gasteiger partial charge < -0.3 is 14.6 Å². The molecule has 1 atom stereocenters. The van der Waals surface area contributed by atoms with Gasteiger partial charge in [-0.05, 0) is 41.8 Å². The van der Waals surface area contributed by atoms with Gasteiger partial charge in [-0.2, -0.15) is 0 Å². The third-order valence-corrected chi connectivity index (χ3v) is 6.40. The summed E-state index contributed by atoms with van der Waals surface area (Å²) in [7, 11) is 1.68. The Kier molecular flexibility index (Phi) is 6.80. The molecular weight excluding hydrogens is 446 g/mol. The molecule has 1 N–H and O–H groups in total. The van der Waals surface area contributed by atoms with Gasteiger partial charge in [0.2, 0.25) is 5.91 Å². The number of fused-ring (bicyclic) bond motifs is 1. The van der Waals surface area contributed by atoms with Crippen molar-refractivity contribution in [3.63, 3.8) is 0 Å². The van der Waals surface area contributed by atoms with Gasteiger partial charge in [-0.1, -0.05) is 84.9 Å². The second-order valence-electron chi connectivity index (χ2n) is 8.89. The van der Waals surface area contributed by atoms with E-state index in [0.29, 0.717) is 13.0 Å². The van der Waals surface area contributed by atoms with Gasteiger partial charge in [-0.15, -0.1) is 0 Å². The third kappa shape index (κ3) is 5.01. The lowest BCUT2D eigenvalue weighted by Crippen LogP contribution is -2.30. The van der Waals surface area contributed by atoms with Crippen molar-refractivity contribution in [3.05, 3.63) is 120 Å². The zero-order valence-electron chi connectivity index (χ0n) is 20.5. The van der Waals surface area contributed by atoms with Crippen LogP contribution in [0.4, 0.5) is 0 Å². The number of hydrogen-bond acceptors (Lipinski definition) is 3. The Bertz CT molecular complexity index is 1470. The van der Waals surface area contributed by atoms with Crippen LogP contribution >= 0.6 is 0 Å². The fourth-order valence-corrected chi connectivity index (χ4v) is 4.58. The maximum Gasteiger partial charge on any atom is 0.224 e. The molecule has 180 valence electrons. The number of rotatable bonds is 8. The Morgan fingerprint density at radius 2 is 1.53 bits per heavy atom. The number of carbonyl (C=O) groups is 1. The van der Waals surface area contributed by atoms with Crippen LogP contribution in [-0.2, 0) is 17.8 Å². The standard InChI is InChI=1S/C31H29N3O2/c1-22(32-30(35)20-23-16-18-25(19-17-23)24-10-4-3-5-11-24)31-33-27-13-7-8-14-28(27)34(31)21-26-12-6-9-15-29(26)36-2/h3-19,22H,20-21H2,1-2H3,(H,32,35). The highest BCUT2D eigenvalue weighted by atomic mass is 16.5. The van der Waals surface area contributed by atoms with E-state index in [9.17, 15) is 4.79 Å². The molecule has 0 fully saturated rings. The molecule has 0 spiro atoms. The Hall–Kier alpha value is -4.38. The summed E-state index contributed by atoms with van der Waals surface area (Å²) < 4.78 is 7.73. The van der Waals surface area contributed by atoms with E-state index < -0.39 is 0 Å². The van der Waals surface area contributed by atoms with Gasteiger partial charge in [0.1, 0.15) is 11.6 Å². The molecule has 0 saturated carbocycles. The summed E-state index contributed by atoms with van der Waals surface area (Å²) in [6, 6.07) is 34.2. The normalized spacial score (nSPS) is 11.8. The average molecular weight is 476 g/mol. The molecule has 0 saturated heterocycles. The van der Waals surface area contributed by atoms with Gasteiger partial charge in [0.15, 0.2) is 0 Å². The highest BCUT2D eigenvalue weighted by Crippen LogP contribution is 2.26. The largest absolute Gasteiger partial charge is 0.496 e. The van der Waals surface area contributed by atoms with Gasteiger partial charge >= 0.3 is 0 Å². The number of methoxy groups -OCH3 is 1. The van der Waals surface area contributed by atoms with Crippen LogP contribution in [0.5, 0.6) is 5.75 Å². The van der Waals surface area contributed by atoms with Crippen molar-refractivity contribution in [3.8, 4) is 16.9 Å². The quantitative estimate of drug-likeness (QED) is 0.292. The van der Waals surface area contributed by atoms with Gasteiger partial charge in [0, 0.05) is 5.56 Å². The maximum atomic E-state index is 13.0. The number of imidazole rings is 1. The SMILES string of the molecule is COc1ccccc1Cn1c(C(C)NC(=O)Cc2ccc(-c3ccccc3)cc2)nc2ccccc21. The number of hydrogen-bond donors (Lipinski definition) is 1. The molecule has 1 unspecified atom stereocenters. The third-order valence-electron chi connectivity index (χ3n) is 6.40. The summed E-state index contributed by atoms with van der Waals surface area (Å²) in [6.45, 7) is 2.58. The van der Waals surface area contributed by atoms with Gasteiger partial charge in [0.25, 0.3) is 0 Å². The van der Waals surface area contributed by atoms with Crippen LogP contribution in [0.3, 0.4) is 0 Å². The topological polar surface area (TPSA) is 56.1 Å². The first-order valence-corrected chi connectivity index (χ1v) is 12.1. The first-order chi connectivity index (χ1) is 17.6. The van der Waals surface area contributed by atoms with E-state index in [4.69, 9.17) is 9.72 Å². The molecule has 0 bridgehead atoms. The molecule has 5 aromatic rings. The van der Waals surface area contributed by atoms with Crippen LogP contribution in [-0.4, -0.2) is 22.6 Å². The number of para-hydroxylation sites is 3. The number of benzene rings is 4. The summed E-state index contributed by atoms with van der Waals surface area (Å²) in [5.41, 5.74) is 6.26. The van der Waals surface area contributed by atoms with Crippen molar-refractivity contribution in [2.24, 2.45) is 0 Å². The predicted octanol–water partition coefficient (Wildman–Crippen LogP) is 6.18. The van der Waals surface area contributed by atoms with E-state index in [0.717, 1.165) is 44.9 Å². The zero-order chi connectivity index (χ0) is 24.9. The van der Waals surface area contributed by atoms with Crippen molar-refractivity contribution < 1.29 is 9.53 Å². The van der Waals surface area contributed by atoms with Crippen molar-refractivity contribution in [1.82, 2.24) is 14.9 Å². The summed E-state index contributed by atoms with van der Waals surface area (Å²) >= 11 is 0. The molecule has 4 aromatic carbocycles. The summed E-state index contributed by atoms with van der Waals surface area (Å²) in [4.78, 5) is 17.8. The lowest BCUT2D eigenvalue weighted by Gasteiger charge is -2.17. The van der Waals surface area contributed by atoms with Crippen LogP contribution in [0, 0.1) is 0 Å². The fourth-order valence-electron chi connectivity index (χ4n) is 4.58. The predicted molar refractivity (Wildman–Crippen MR) is 144 cm³/mol. The molecule has 0 aliphatic heterocycles. The van der Waals surface area contributed by atoms with Crippen LogP contribution in [0.15, 0.2) is 103 Å². The summed E-state index contributed by atoms with van der Waals surface area (Å²) in [6.07, 6.45) is 0.312. The average Bonchev–Trinajstić information content (AvgIpc) is 3.28. The summed E-state index contributed by atoms with van der Waals surface area (Å²) in [5.74, 6) is 1.61. The van der Waals surface area contributed by atoms with Crippen molar-refractivity contribution in [2.45, 2.75) is 25.9 Å². The lowest BCUT2D eigenvalue weighted by molar-refractivity contribution is -0.121. The molecular formula is C31H29N3O2. The summed E-state index contributed by atoms with van der Waals surface area (Å²) in [5, 5.41) is 3.15. The van der Waals surface area contributed by atoms with E-state index in [1.54, 1.807) is 7.11 Å². The van der Waals surface area contributed by atoms with Crippen LogP contribution in [0.2, 0.25) is 0 Å². The molecule has 0 aliphatic carbocycles. The molecule has 1 aromatic heterocycles. The highest BCUT2D eigenvalue weighted by molar-refractivity contribution is 5.80. The van der Waals surface area contributed by atoms with Crippen LogP contribution in [0.1, 0.15) is 29.9 Å². The van der Waals surface area contributed by atoms with E-state index in [1.165, 1.54) is 0 Å². The first-order valence-electron chi connectivity index (χ1n) is 12.1. The number of nitrogens with one attached hydrogen (secondary N) is 1. The van der Waals surface area contributed by atoms with Crippen molar-refractivity contribution >= 4 is 16.9 Å². The van der Waals surface area contributed by atoms with Gasteiger partial charge in [-0.3, -0.25) is 4.79 Å². The smallest absolute Gasteiger partial charge is 0.224 e. The van der Waals surface area contributed by atoms with Gasteiger partial charge in [-0.25, -0.2) is 4.98 Å². The molecule has 0 radical (unpaired) electrons. The lowest BCUT2D eigenvalue weighted by atomic mass is 10.0. The number of carbonyl (C=O) groups excluding carboxylic acids is 1. The van der Waals surface area contributed by atoms with E-state index in [-0.39, 0.29) is 11.9 Å². The number of aromatic nitrogens is 2. The zero-order valence-corrected chi connectivity index (χ0v) is 20.5. The fraction of sp³-hybridized carbons (Fsp3) is 0.161. The van der Waals surface area contributed by atoms with E-state index in [2.05, 4.69) is 46.3 Å². The van der Waals surface area contributed by atoms with E-state index >= 15 is 0 Å². The Morgan fingerprint density at radius 3 is 2.31 bits per heavy atom. The Morgan fingerprint density at radius 1 is 0.861 bits per heavy atom. The van der Waals surface area contributed by atoms with Crippen molar-refractivity contribution in [2.75, 3.05) is 7.11 Å².